The van der Waals surface area contributed by atoms with Crippen LogP contribution in [0.4, 0.5) is 5.69 Å². The lowest BCUT2D eigenvalue weighted by Crippen LogP contribution is -2.02. The average Bonchev–Trinajstić information content (AvgIpc) is 2.62. The molecule has 3 aromatic rings. The van der Waals surface area contributed by atoms with Gasteiger partial charge in [0.05, 0.1) is 6.61 Å². The molecule has 0 amide bonds. The van der Waals surface area contributed by atoms with Crippen molar-refractivity contribution in [2.24, 2.45) is 0 Å². The van der Waals surface area contributed by atoms with Crippen LogP contribution in [-0.2, 0) is 11.2 Å². The number of anilines is 1. The minimum absolute atomic E-state index is 0.615. The first kappa shape index (κ1) is 16.8. The zero-order valence-corrected chi connectivity index (χ0v) is 14.6. The van der Waals surface area contributed by atoms with Crippen LogP contribution in [0.1, 0.15) is 18.1 Å². The molecular formula is C23H23NO. The fourth-order valence-electron chi connectivity index (χ4n) is 2.95. The first-order valence-corrected chi connectivity index (χ1v) is 8.51. The molecule has 0 atom stereocenters. The van der Waals surface area contributed by atoms with E-state index in [-0.39, 0.29) is 0 Å². The fourth-order valence-corrected chi connectivity index (χ4v) is 2.95. The Balaban J connectivity index is 1.74. The van der Waals surface area contributed by atoms with Crippen LogP contribution in [0.25, 0.3) is 16.5 Å². The zero-order valence-electron chi connectivity index (χ0n) is 14.6. The summed E-state index contributed by atoms with van der Waals surface area (Å²) in [6.07, 6.45) is 0.776. The van der Waals surface area contributed by atoms with Gasteiger partial charge >= 0.3 is 0 Å². The van der Waals surface area contributed by atoms with Crippen molar-refractivity contribution in [3.63, 3.8) is 0 Å². The second-order valence-corrected chi connectivity index (χ2v) is 5.98. The molecule has 3 rings (SSSR count). The average molecular weight is 329 g/mol. The maximum Gasteiger partial charge on any atom is 0.119 e. The van der Waals surface area contributed by atoms with Crippen molar-refractivity contribution < 1.29 is 4.74 Å². The Labute approximate surface area is 149 Å². The van der Waals surface area contributed by atoms with Gasteiger partial charge in [0.15, 0.2) is 0 Å². The number of benzene rings is 3. The molecular weight excluding hydrogens is 306 g/mol. The van der Waals surface area contributed by atoms with E-state index >= 15 is 0 Å². The van der Waals surface area contributed by atoms with Crippen LogP contribution >= 0.6 is 0 Å². The minimum atomic E-state index is 0.615. The lowest BCUT2D eigenvalue weighted by Gasteiger charge is -2.13. The number of hydrogen-bond acceptors (Lipinski definition) is 2. The molecule has 2 heteroatoms. The molecule has 0 unspecified atom stereocenters. The Hall–Kier alpha value is -3.00. The van der Waals surface area contributed by atoms with Gasteiger partial charge in [0.1, 0.15) is 5.76 Å². The van der Waals surface area contributed by atoms with E-state index in [1.165, 1.54) is 16.3 Å². The number of hydrogen-bond donors (Lipinski definition) is 1. The molecule has 25 heavy (non-hydrogen) atoms. The first-order valence-electron chi connectivity index (χ1n) is 8.51. The van der Waals surface area contributed by atoms with Gasteiger partial charge in [0, 0.05) is 23.4 Å². The summed E-state index contributed by atoms with van der Waals surface area (Å²) in [5.41, 5.74) is 4.19. The van der Waals surface area contributed by atoms with Crippen molar-refractivity contribution in [1.82, 2.24) is 0 Å². The van der Waals surface area contributed by atoms with Gasteiger partial charge < -0.3 is 10.1 Å². The van der Waals surface area contributed by atoms with Gasteiger partial charge in [-0.3, -0.25) is 0 Å². The second-order valence-electron chi connectivity index (χ2n) is 5.98. The van der Waals surface area contributed by atoms with E-state index < -0.39 is 0 Å². The molecule has 126 valence electrons. The van der Waals surface area contributed by atoms with Gasteiger partial charge in [0.25, 0.3) is 0 Å². The third-order valence-electron chi connectivity index (χ3n) is 4.11. The summed E-state index contributed by atoms with van der Waals surface area (Å²) >= 11 is 0. The summed E-state index contributed by atoms with van der Waals surface area (Å²) in [4.78, 5) is 0. The van der Waals surface area contributed by atoms with Crippen LogP contribution < -0.4 is 5.32 Å². The topological polar surface area (TPSA) is 21.3 Å². The zero-order chi connectivity index (χ0) is 17.6. The fraction of sp³-hybridized carbons (Fsp3) is 0.130. The maximum absolute atomic E-state index is 5.49. The molecule has 0 heterocycles. The molecule has 0 aliphatic heterocycles. The standard InChI is InChI=1S/C23H23NO/c1-4-25-18(3)20-11-8-13-22(16-20)24-17(2)15-21-12-7-10-19-9-5-6-14-23(19)21/h5-14,16,24H,2-4,15H2,1H3. The molecule has 0 radical (unpaired) electrons. The van der Waals surface area contributed by atoms with Crippen LogP contribution in [0.2, 0.25) is 0 Å². The molecule has 0 saturated carbocycles. The summed E-state index contributed by atoms with van der Waals surface area (Å²) in [6, 6.07) is 22.9. The molecule has 0 saturated heterocycles. The van der Waals surface area contributed by atoms with Crippen LogP contribution in [0, 0.1) is 0 Å². The quantitative estimate of drug-likeness (QED) is 0.536. The molecule has 0 aliphatic rings. The van der Waals surface area contributed by atoms with Crippen molar-refractivity contribution in [2.75, 3.05) is 11.9 Å². The Morgan fingerprint density at radius 1 is 0.960 bits per heavy atom. The third-order valence-corrected chi connectivity index (χ3v) is 4.11. The lowest BCUT2D eigenvalue weighted by molar-refractivity contribution is 0.299. The summed E-state index contributed by atoms with van der Waals surface area (Å²) in [5.74, 6) is 0.686. The van der Waals surface area contributed by atoms with Gasteiger partial charge in [-0.25, -0.2) is 0 Å². The number of rotatable bonds is 7. The van der Waals surface area contributed by atoms with E-state index in [1.807, 2.05) is 31.2 Å². The third kappa shape index (κ3) is 4.10. The van der Waals surface area contributed by atoms with Crippen molar-refractivity contribution in [1.29, 1.82) is 0 Å². The van der Waals surface area contributed by atoms with Gasteiger partial charge in [-0.05, 0) is 35.4 Å². The molecule has 3 aromatic carbocycles. The molecule has 0 fully saturated rings. The molecule has 0 aromatic heterocycles. The van der Waals surface area contributed by atoms with E-state index in [0.29, 0.717) is 12.4 Å². The number of nitrogens with one attached hydrogen (secondary N) is 1. The van der Waals surface area contributed by atoms with E-state index in [4.69, 9.17) is 4.74 Å². The van der Waals surface area contributed by atoms with E-state index in [2.05, 4.69) is 60.9 Å². The highest BCUT2D eigenvalue weighted by molar-refractivity contribution is 5.86. The Morgan fingerprint density at radius 2 is 1.72 bits per heavy atom. The van der Waals surface area contributed by atoms with Crippen LogP contribution in [0.5, 0.6) is 0 Å². The largest absolute Gasteiger partial charge is 0.494 e. The van der Waals surface area contributed by atoms with Crippen molar-refractivity contribution in [3.8, 4) is 0 Å². The molecule has 0 aliphatic carbocycles. The Bertz CT molecular complexity index is 905. The van der Waals surface area contributed by atoms with Crippen molar-refractivity contribution >= 4 is 22.2 Å². The maximum atomic E-state index is 5.49. The SMILES string of the molecule is C=C(Cc1cccc2ccccc12)Nc1cccc(C(=C)OCC)c1. The van der Waals surface area contributed by atoms with Gasteiger partial charge in [-0.1, -0.05) is 67.8 Å². The Morgan fingerprint density at radius 3 is 2.56 bits per heavy atom. The lowest BCUT2D eigenvalue weighted by atomic mass is 10.0. The minimum Gasteiger partial charge on any atom is -0.494 e. The first-order chi connectivity index (χ1) is 12.2. The Kier molecular flexibility index (Phi) is 5.20. The van der Waals surface area contributed by atoms with E-state index in [9.17, 15) is 0 Å². The molecule has 0 spiro atoms. The van der Waals surface area contributed by atoms with Crippen LogP contribution in [0.3, 0.4) is 0 Å². The van der Waals surface area contributed by atoms with Gasteiger partial charge in [-0.15, -0.1) is 0 Å². The molecule has 1 N–H and O–H groups in total. The highest BCUT2D eigenvalue weighted by Gasteiger charge is 2.05. The summed E-state index contributed by atoms with van der Waals surface area (Å²) in [5, 5.41) is 5.92. The van der Waals surface area contributed by atoms with Crippen LogP contribution in [0.15, 0.2) is 85.6 Å². The number of ether oxygens (including phenoxy) is 1. The van der Waals surface area contributed by atoms with Gasteiger partial charge in [0.2, 0.25) is 0 Å². The van der Waals surface area contributed by atoms with Gasteiger partial charge in [-0.2, -0.15) is 0 Å². The second kappa shape index (κ2) is 7.71. The van der Waals surface area contributed by atoms with Crippen molar-refractivity contribution in [3.05, 3.63) is 96.7 Å². The predicted octanol–water partition coefficient (Wildman–Crippen LogP) is 6.02. The van der Waals surface area contributed by atoms with Crippen molar-refractivity contribution in [2.45, 2.75) is 13.3 Å². The summed E-state index contributed by atoms with van der Waals surface area (Å²) in [6.45, 7) is 10.7. The molecule has 0 bridgehead atoms. The summed E-state index contributed by atoms with van der Waals surface area (Å²) < 4.78 is 5.49. The number of allylic oxidation sites excluding steroid dienone is 1. The molecule has 2 nitrogen and oxygen atoms in total. The van der Waals surface area contributed by atoms with E-state index in [1.54, 1.807) is 0 Å². The van der Waals surface area contributed by atoms with Crippen LogP contribution in [-0.4, -0.2) is 6.61 Å². The monoisotopic (exact) mass is 329 g/mol. The highest BCUT2D eigenvalue weighted by atomic mass is 16.5. The summed E-state index contributed by atoms with van der Waals surface area (Å²) in [7, 11) is 0. The smallest absolute Gasteiger partial charge is 0.119 e. The number of fused-ring (bicyclic) bond motifs is 1. The van der Waals surface area contributed by atoms with E-state index in [0.717, 1.165) is 23.4 Å². The predicted molar refractivity (Wildman–Crippen MR) is 108 cm³/mol. The highest BCUT2D eigenvalue weighted by Crippen LogP contribution is 2.23. The normalized spacial score (nSPS) is 10.4.